The minimum absolute atomic E-state index is 0.117. The van der Waals surface area contributed by atoms with Crippen molar-refractivity contribution < 1.29 is 32.9 Å². The summed E-state index contributed by atoms with van der Waals surface area (Å²) in [6.45, 7) is -0.513. The number of nitrogens with one attached hydrogen (secondary N) is 1. The fourth-order valence-electron chi connectivity index (χ4n) is 3.86. The van der Waals surface area contributed by atoms with Gasteiger partial charge in [0.05, 0.1) is 17.0 Å². The van der Waals surface area contributed by atoms with E-state index in [9.17, 15) is 18.3 Å². The van der Waals surface area contributed by atoms with Gasteiger partial charge in [0.25, 0.3) is 0 Å². The monoisotopic (exact) mass is 531 g/mol. The van der Waals surface area contributed by atoms with Crippen molar-refractivity contribution in [3.63, 3.8) is 0 Å². The Bertz CT molecular complexity index is 1040. The zero-order chi connectivity index (χ0) is 20.8. The van der Waals surface area contributed by atoms with Crippen molar-refractivity contribution in [2.45, 2.75) is 35.5 Å². The van der Waals surface area contributed by atoms with Gasteiger partial charge in [-0.3, -0.25) is 0 Å². The van der Waals surface area contributed by atoms with Crippen molar-refractivity contribution in [2.75, 3.05) is 6.61 Å². The molecule has 8 nitrogen and oxygen atoms in total. The van der Waals surface area contributed by atoms with Crippen LogP contribution in [0.15, 0.2) is 47.4 Å². The van der Waals surface area contributed by atoms with E-state index in [0.29, 0.717) is 11.3 Å². The number of benzene rings is 2. The molecule has 0 spiro atoms. The Hall–Kier alpha value is -1.89. The predicted octanol–water partition coefficient (Wildman–Crippen LogP) is 1.71. The number of sulfonamides is 1. The van der Waals surface area contributed by atoms with Crippen LogP contribution in [0.3, 0.4) is 0 Å². The maximum atomic E-state index is 12.8. The molecule has 0 saturated heterocycles. The lowest BCUT2D eigenvalue weighted by Crippen LogP contribution is -2.43. The molecule has 3 N–H and O–H groups in total. The van der Waals surface area contributed by atoms with Gasteiger partial charge >= 0.3 is 5.97 Å². The third kappa shape index (κ3) is 3.93. The van der Waals surface area contributed by atoms with E-state index in [0.717, 1.165) is 3.57 Å². The number of hydrogen-bond donors (Lipinski definition) is 3. The zero-order valence-corrected chi connectivity index (χ0v) is 18.0. The van der Waals surface area contributed by atoms with E-state index in [-0.39, 0.29) is 17.1 Å². The first-order valence-electron chi connectivity index (χ1n) is 8.86. The van der Waals surface area contributed by atoms with Gasteiger partial charge in [-0.05, 0) is 52.9 Å². The van der Waals surface area contributed by atoms with Crippen molar-refractivity contribution in [3.8, 4) is 11.5 Å². The summed E-state index contributed by atoms with van der Waals surface area (Å²) in [7, 11) is -3.84. The van der Waals surface area contributed by atoms with E-state index in [1.807, 2.05) is 0 Å². The van der Waals surface area contributed by atoms with Crippen LogP contribution in [0.5, 0.6) is 11.5 Å². The summed E-state index contributed by atoms with van der Waals surface area (Å²) in [5, 5.41) is 19.3. The first-order valence-corrected chi connectivity index (χ1v) is 11.4. The van der Waals surface area contributed by atoms with Crippen molar-refractivity contribution in [1.82, 2.24) is 4.72 Å². The second-order valence-corrected chi connectivity index (χ2v) is 9.90. The number of para-hydroxylation sites is 1. The number of aliphatic hydroxyl groups excluding tert-OH is 1. The largest absolute Gasteiger partial charge is 0.485 e. The molecule has 4 unspecified atom stereocenters. The molecule has 0 radical (unpaired) electrons. The SMILES string of the molecule is O=C(O)COc1cccc2c1OC1CC(O)C(NS(=O)(=O)c3ccc(I)cc3)C21. The molecule has 1 aliphatic carbocycles. The van der Waals surface area contributed by atoms with E-state index >= 15 is 0 Å². The molecule has 2 aromatic carbocycles. The third-order valence-electron chi connectivity index (χ3n) is 5.08. The topological polar surface area (TPSA) is 122 Å². The lowest BCUT2D eigenvalue weighted by Gasteiger charge is -2.22. The highest BCUT2D eigenvalue weighted by molar-refractivity contribution is 14.1. The van der Waals surface area contributed by atoms with Crippen molar-refractivity contribution >= 4 is 38.6 Å². The van der Waals surface area contributed by atoms with Crippen LogP contribution in [0.2, 0.25) is 0 Å². The highest BCUT2D eigenvalue weighted by atomic mass is 127. The number of halogens is 1. The molecule has 0 aromatic heterocycles. The molecule has 2 aromatic rings. The highest BCUT2D eigenvalue weighted by Crippen LogP contribution is 2.51. The van der Waals surface area contributed by atoms with Gasteiger partial charge < -0.3 is 19.7 Å². The molecule has 1 saturated carbocycles. The lowest BCUT2D eigenvalue weighted by molar-refractivity contribution is -0.139. The van der Waals surface area contributed by atoms with E-state index in [1.54, 1.807) is 30.3 Å². The molecule has 4 atom stereocenters. The number of carboxylic acid groups (broad SMARTS) is 1. The quantitative estimate of drug-likeness (QED) is 0.486. The van der Waals surface area contributed by atoms with Gasteiger partial charge in [-0.1, -0.05) is 12.1 Å². The Morgan fingerprint density at radius 2 is 1.97 bits per heavy atom. The fraction of sp³-hybridized carbons (Fsp3) is 0.316. The van der Waals surface area contributed by atoms with Crippen LogP contribution in [-0.4, -0.2) is 49.5 Å². The van der Waals surface area contributed by atoms with Gasteiger partial charge in [0.2, 0.25) is 10.0 Å². The zero-order valence-electron chi connectivity index (χ0n) is 15.0. The van der Waals surface area contributed by atoms with Crippen molar-refractivity contribution in [3.05, 3.63) is 51.6 Å². The Morgan fingerprint density at radius 3 is 2.66 bits per heavy atom. The molecule has 154 valence electrons. The Labute approximate surface area is 181 Å². The van der Waals surface area contributed by atoms with Gasteiger partial charge in [0, 0.05) is 21.5 Å². The van der Waals surface area contributed by atoms with Gasteiger partial charge in [-0.2, -0.15) is 0 Å². The Kier molecular flexibility index (Phi) is 5.44. The van der Waals surface area contributed by atoms with Gasteiger partial charge in [0.15, 0.2) is 18.1 Å². The first kappa shape index (κ1) is 20.4. The lowest BCUT2D eigenvalue weighted by atomic mass is 9.94. The normalized spacial score (nSPS) is 25.2. The number of hydrogen-bond acceptors (Lipinski definition) is 6. The number of aliphatic hydroxyl groups is 1. The van der Waals surface area contributed by atoms with Crippen LogP contribution >= 0.6 is 22.6 Å². The molecule has 1 heterocycles. The van der Waals surface area contributed by atoms with E-state index in [1.165, 1.54) is 12.1 Å². The van der Waals surface area contributed by atoms with Crippen LogP contribution in [0.4, 0.5) is 0 Å². The van der Waals surface area contributed by atoms with Gasteiger partial charge in [0.1, 0.15) is 6.10 Å². The average Bonchev–Trinajstić information content (AvgIpc) is 3.16. The minimum Gasteiger partial charge on any atom is -0.485 e. The standard InChI is InChI=1S/C19H18INO7S/c20-10-4-6-11(7-5-10)29(25,26)21-18-13(22)8-15-17(18)12-2-1-3-14(19(12)28-15)27-9-16(23)24/h1-7,13,15,17-18,21-22H,8-9H2,(H,23,24). The third-order valence-corrected chi connectivity index (χ3v) is 7.27. The van der Waals surface area contributed by atoms with Crippen LogP contribution in [0.1, 0.15) is 17.9 Å². The van der Waals surface area contributed by atoms with Crippen LogP contribution in [0, 0.1) is 3.57 Å². The first-order chi connectivity index (χ1) is 13.8. The maximum Gasteiger partial charge on any atom is 0.341 e. The molecule has 1 aliphatic heterocycles. The summed E-state index contributed by atoms with van der Waals surface area (Å²) in [6, 6.07) is 10.7. The van der Waals surface area contributed by atoms with Crippen LogP contribution in [-0.2, 0) is 14.8 Å². The van der Waals surface area contributed by atoms with Crippen LogP contribution in [0.25, 0.3) is 0 Å². The molecular weight excluding hydrogens is 513 g/mol. The summed E-state index contributed by atoms with van der Waals surface area (Å²) in [6.07, 6.45) is -1.10. The summed E-state index contributed by atoms with van der Waals surface area (Å²) in [5.41, 5.74) is 0.685. The van der Waals surface area contributed by atoms with E-state index < -0.39 is 46.8 Å². The van der Waals surface area contributed by atoms with Crippen molar-refractivity contribution in [2.24, 2.45) is 0 Å². The summed E-state index contributed by atoms with van der Waals surface area (Å²) in [5.74, 6) is -0.839. The molecule has 4 rings (SSSR count). The molecular formula is C19H18INO7S. The molecule has 29 heavy (non-hydrogen) atoms. The highest BCUT2D eigenvalue weighted by Gasteiger charge is 2.51. The van der Waals surface area contributed by atoms with E-state index in [2.05, 4.69) is 27.3 Å². The maximum absolute atomic E-state index is 12.8. The van der Waals surface area contributed by atoms with Gasteiger partial charge in [-0.15, -0.1) is 0 Å². The van der Waals surface area contributed by atoms with E-state index in [4.69, 9.17) is 14.6 Å². The molecule has 1 fully saturated rings. The second kappa shape index (κ2) is 7.74. The molecule has 0 bridgehead atoms. The summed E-state index contributed by atoms with van der Waals surface area (Å²) >= 11 is 2.09. The smallest absolute Gasteiger partial charge is 0.341 e. The fourth-order valence-corrected chi connectivity index (χ4v) is 5.51. The molecule has 0 amide bonds. The van der Waals surface area contributed by atoms with Gasteiger partial charge in [-0.25, -0.2) is 17.9 Å². The number of rotatable bonds is 6. The Morgan fingerprint density at radius 1 is 1.24 bits per heavy atom. The minimum atomic E-state index is -3.84. The average molecular weight is 531 g/mol. The Balaban J connectivity index is 1.62. The predicted molar refractivity (Wildman–Crippen MR) is 111 cm³/mol. The second-order valence-electron chi connectivity index (χ2n) is 6.94. The summed E-state index contributed by atoms with van der Waals surface area (Å²) in [4.78, 5) is 10.9. The molecule has 2 aliphatic rings. The number of aliphatic carboxylic acids is 1. The number of carbonyl (C=O) groups is 1. The summed E-state index contributed by atoms with van der Waals surface area (Å²) < 4.78 is 40.4. The van der Waals surface area contributed by atoms with Crippen LogP contribution < -0.4 is 14.2 Å². The molecule has 10 heteroatoms. The number of carboxylic acids is 1. The van der Waals surface area contributed by atoms with Crippen molar-refractivity contribution in [1.29, 1.82) is 0 Å². The number of ether oxygens (including phenoxy) is 2. The number of fused-ring (bicyclic) bond motifs is 3.